The summed E-state index contributed by atoms with van der Waals surface area (Å²) in [6.07, 6.45) is 3.04. The molecule has 0 bridgehead atoms. The highest BCUT2D eigenvalue weighted by Crippen LogP contribution is 1.91. The number of nitrogens with one attached hydrogen (secondary N) is 4. The van der Waals surface area contributed by atoms with Gasteiger partial charge in [-0.2, -0.15) is 0 Å². The monoisotopic (exact) mass is 235 g/mol. The summed E-state index contributed by atoms with van der Waals surface area (Å²) in [7, 11) is 0. The van der Waals surface area contributed by atoms with E-state index in [2.05, 4.69) is 20.3 Å². The van der Waals surface area contributed by atoms with Gasteiger partial charge in [0.15, 0.2) is 0 Å². The van der Waals surface area contributed by atoms with Crippen molar-refractivity contribution >= 4 is 5.91 Å². The molecule has 17 heavy (non-hydrogen) atoms. The molecule has 2 aromatic heterocycles. The van der Waals surface area contributed by atoms with E-state index in [1.165, 1.54) is 6.33 Å². The van der Waals surface area contributed by atoms with Gasteiger partial charge in [0.2, 0.25) is 0 Å². The van der Waals surface area contributed by atoms with Crippen LogP contribution < -0.4 is 16.6 Å². The summed E-state index contributed by atoms with van der Waals surface area (Å²) in [5.74, 6) is -0.539. The summed E-state index contributed by atoms with van der Waals surface area (Å²) >= 11 is 0. The summed E-state index contributed by atoms with van der Waals surface area (Å²) < 4.78 is 0. The number of imidazole rings is 1. The van der Waals surface area contributed by atoms with Crippen LogP contribution in [0.3, 0.4) is 0 Å². The number of carbonyl (C=O) groups is 1. The molecule has 1 amide bonds. The number of nitrogens with zero attached hydrogens (tertiary/aromatic N) is 1. The zero-order valence-corrected chi connectivity index (χ0v) is 8.61. The normalized spacial score (nSPS) is 10.1. The molecule has 2 aromatic rings. The minimum absolute atomic E-state index is 0.0849. The molecule has 0 atom stereocenters. The average Bonchev–Trinajstić information content (AvgIpc) is 2.77. The zero-order valence-electron chi connectivity index (χ0n) is 8.61. The molecular weight excluding hydrogens is 226 g/mol. The Morgan fingerprint density at radius 3 is 2.82 bits per heavy atom. The summed E-state index contributed by atoms with van der Waals surface area (Å²) in [6, 6.07) is 1.02. The molecule has 0 aliphatic carbocycles. The number of aromatic nitrogens is 4. The third-order valence-corrected chi connectivity index (χ3v) is 2.00. The van der Waals surface area contributed by atoms with Crippen LogP contribution in [0.5, 0.6) is 0 Å². The highest BCUT2D eigenvalue weighted by Gasteiger charge is 2.07. The molecule has 8 heteroatoms. The first-order valence-electron chi connectivity index (χ1n) is 4.74. The molecule has 0 radical (unpaired) electrons. The topological polar surface area (TPSA) is 123 Å². The van der Waals surface area contributed by atoms with Gasteiger partial charge in [0.05, 0.1) is 18.6 Å². The van der Waals surface area contributed by atoms with Crippen LogP contribution in [0.15, 0.2) is 28.2 Å². The predicted octanol–water partition coefficient (Wildman–Crippen LogP) is -1.28. The Hall–Kier alpha value is -2.64. The van der Waals surface area contributed by atoms with Crippen molar-refractivity contribution in [3.63, 3.8) is 0 Å². The Labute approximate surface area is 94.1 Å². The summed E-state index contributed by atoms with van der Waals surface area (Å²) in [5.41, 5.74) is -0.714. The molecule has 0 fully saturated rings. The number of H-pyrrole nitrogens is 3. The molecule has 0 aliphatic rings. The molecule has 0 spiro atoms. The SMILES string of the molecule is O=C(NCc1cnc[nH]1)c1cc(=O)[nH]c(=O)[nH]1. The molecule has 8 nitrogen and oxygen atoms in total. The van der Waals surface area contributed by atoms with Gasteiger partial charge in [0.25, 0.3) is 11.5 Å². The maximum absolute atomic E-state index is 11.6. The molecule has 0 unspecified atom stereocenters. The lowest BCUT2D eigenvalue weighted by Gasteiger charge is -2.02. The van der Waals surface area contributed by atoms with E-state index >= 15 is 0 Å². The number of carbonyl (C=O) groups excluding carboxylic acids is 1. The third-order valence-electron chi connectivity index (χ3n) is 2.00. The van der Waals surface area contributed by atoms with Gasteiger partial charge in [-0.3, -0.25) is 14.6 Å². The molecule has 4 N–H and O–H groups in total. The summed E-state index contributed by atoms with van der Waals surface area (Å²) in [4.78, 5) is 44.3. The van der Waals surface area contributed by atoms with Crippen LogP contribution in [0.1, 0.15) is 16.2 Å². The first-order valence-corrected chi connectivity index (χ1v) is 4.74. The van der Waals surface area contributed by atoms with Crippen molar-refractivity contribution in [2.45, 2.75) is 6.54 Å². The second-order valence-electron chi connectivity index (χ2n) is 3.26. The Kier molecular flexibility index (Phi) is 2.86. The van der Waals surface area contributed by atoms with Crippen LogP contribution in [0, 0.1) is 0 Å². The van der Waals surface area contributed by atoms with Gasteiger partial charge >= 0.3 is 5.69 Å². The molecule has 2 heterocycles. The van der Waals surface area contributed by atoms with Crippen molar-refractivity contribution in [1.29, 1.82) is 0 Å². The second-order valence-corrected chi connectivity index (χ2v) is 3.26. The Morgan fingerprint density at radius 2 is 2.18 bits per heavy atom. The van der Waals surface area contributed by atoms with E-state index in [4.69, 9.17) is 0 Å². The van der Waals surface area contributed by atoms with Crippen LogP contribution in [-0.4, -0.2) is 25.8 Å². The van der Waals surface area contributed by atoms with Crippen LogP contribution in [0.25, 0.3) is 0 Å². The van der Waals surface area contributed by atoms with E-state index in [1.54, 1.807) is 6.20 Å². The highest BCUT2D eigenvalue weighted by atomic mass is 16.2. The minimum Gasteiger partial charge on any atom is -0.347 e. The first kappa shape index (κ1) is 10.9. The Balaban J connectivity index is 2.09. The predicted molar refractivity (Wildman–Crippen MR) is 57.4 cm³/mol. The van der Waals surface area contributed by atoms with Gasteiger partial charge in [-0.25, -0.2) is 9.78 Å². The van der Waals surface area contributed by atoms with Crippen molar-refractivity contribution in [2.24, 2.45) is 0 Å². The Bertz CT molecular complexity index is 596. The number of amides is 1. The van der Waals surface area contributed by atoms with E-state index in [9.17, 15) is 14.4 Å². The Morgan fingerprint density at radius 1 is 1.35 bits per heavy atom. The fraction of sp³-hybridized carbons (Fsp3) is 0.111. The molecule has 0 aliphatic heterocycles. The third kappa shape index (κ3) is 2.68. The molecule has 0 saturated carbocycles. The van der Waals surface area contributed by atoms with E-state index in [-0.39, 0.29) is 12.2 Å². The fourth-order valence-corrected chi connectivity index (χ4v) is 1.24. The van der Waals surface area contributed by atoms with Gasteiger partial charge in [0.1, 0.15) is 5.69 Å². The number of hydrogen-bond donors (Lipinski definition) is 4. The van der Waals surface area contributed by atoms with Crippen LogP contribution in [-0.2, 0) is 6.54 Å². The minimum atomic E-state index is -0.718. The van der Waals surface area contributed by atoms with E-state index in [0.717, 1.165) is 6.07 Å². The van der Waals surface area contributed by atoms with Gasteiger partial charge in [0, 0.05) is 12.3 Å². The summed E-state index contributed by atoms with van der Waals surface area (Å²) in [6.45, 7) is 0.230. The fourth-order valence-electron chi connectivity index (χ4n) is 1.24. The molecule has 0 aromatic carbocycles. The lowest BCUT2D eigenvalue weighted by Crippen LogP contribution is -2.30. The smallest absolute Gasteiger partial charge is 0.326 e. The lowest BCUT2D eigenvalue weighted by atomic mass is 10.3. The quantitative estimate of drug-likeness (QED) is 0.528. The van der Waals surface area contributed by atoms with Gasteiger partial charge in [-0.15, -0.1) is 0 Å². The summed E-state index contributed by atoms with van der Waals surface area (Å²) in [5, 5.41) is 2.52. The molecule has 2 rings (SSSR count). The van der Waals surface area contributed by atoms with E-state index in [1.807, 2.05) is 4.98 Å². The zero-order chi connectivity index (χ0) is 12.3. The van der Waals surface area contributed by atoms with Crippen molar-refractivity contribution < 1.29 is 4.79 Å². The van der Waals surface area contributed by atoms with Crippen LogP contribution in [0.2, 0.25) is 0 Å². The van der Waals surface area contributed by atoms with Crippen molar-refractivity contribution in [3.8, 4) is 0 Å². The highest BCUT2D eigenvalue weighted by molar-refractivity contribution is 5.91. The maximum Gasteiger partial charge on any atom is 0.326 e. The lowest BCUT2D eigenvalue weighted by molar-refractivity contribution is 0.0945. The number of rotatable bonds is 3. The number of aromatic amines is 3. The number of hydrogen-bond acceptors (Lipinski definition) is 4. The molecule has 0 saturated heterocycles. The van der Waals surface area contributed by atoms with Crippen LogP contribution in [0.4, 0.5) is 0 Å². The molecular formula is C9H9N5O3. The van der Waals surface area contributed by atoms with E-state index < -0.39 is 17.2 Å². The van der Waals surface area contributed by atoms with Gasteiger partial charge in [-0.1, -0.05) is 0 Å². The maximum atomic E-state index is 11.6. The van der Waals surface area contributed by atoms with Crippen LogP contribution >= 0.6 is 0 Å². The standard InChI is InChI=1S/C9H9N5O3/c15-7-1-6(13-9(17)14-7)8(16)11-3-5-2-10-4-12-5/h1-2,4H,3H2,(H,10,12)(H,11,16)(H2,13,14,15,17). The molecule has 88 valence electrons. The van der Waals surface area contributed by atoms with Gasteiger partial charge < -0.3 is 15.3 Å². The van der Waals surface area contributed by atoms with E-state index in [0.29, 0.717) is 5.69 Å². The van der Waals surface area contributed by atoms with Crippen molar-refractivity contribution in [1.82, 2.24) is 25.3 Å². The van der Waals surface area contributed by atoms with Gasteiger partial charge in [-0.05, 0) is 0 Å². The average molecular weight is 235 g/mol. The van der Waals surface area contributed by atoms with Crippen molar-refractivity contribution in [2.75, 3.05) is 0 Å². The second kappa shape index (κ2) is 4.47. The van der Waals surface area contributed by atoms with Crippen molar-refractivity contribution in [3.05, 3.63) is 50.8 Å². The largest absolute Gasteiger partial charge is 0.347 e. The first-order chi connectivity index (χ1) is 8.15.